The zero-order chi connectivity index (χ0) is 25.9. The first-order chi connectivity index (χ1) is 18.0. The minimum absolute atomic E-state index is 0.162. The van der Waals surface area contributed by atoms with Crippen LogP contribution in [0.4, 0.5) is 5.82 Å². The van der Waals surface area contributed by atoms with Crippen LogP contribution in [0.1, 0.15) is 35.7 Å². The second-order valence-electron chi connectivity index (χ2n) is 9.54. The number of anilines is 1. The lowest BCUT2D eigenvalue weighted by Crippen LogP contribution is -2.49. The molecular weight excluding hydrogens is 464 g/mol. The Labute approximate surface area is 217 Å². The van der Waals surface area contributed by atoms with Gasteiger partial charge in [-0.05, 0) is 69.5 Å². The molecule has 1 aliphatic heterocycles. The van der Waals surface area contributed by atoms with Crippen LogP contribution in [0, 0.1) is 20.8 Å². The molecule has 0 unspecified atom stereocenters. The summed E-state index contributed by atoms with van der Waals surface area (Å²) >= 11 is 0. The molecule has 4 heterocycles. The molecule has 8 heteroatoms. The summed E-state index contributed by atoms with van der Waals surface area (Å²) in [5.41, 5.74) is 5.91. The van der Waals surface area contributed by atoms with Crippen molar-refractivity contribution in [2.24, 2.45) is 0 Å². The summed E-state index contributed by atoms with van der Waals surface area (Å²) in [5.74, 6) is 1.72. The maximum Gasteiger partial charge on any atom is 0.223 e. The van der Waals surface area contributed by atoms with Crippen LogP contribution in [-0.4, -0.2) is 63.3 Å². The van der Waals surface area contributed by atoms with Gasteiger partial charge in [-0.2, -0.15) is 10.1 Å². The summed E-state index contributed by atoms with van der Waals surface area (Å²) in [4.78, 5) is 26.7. The van der Waals surface area contributed by atoms with Gasteiger partial charge in [0.1, 0.15) is 5.82 Å². The van der Waals surface area contributed by atoms with Gasteiger partial charge in [-0.25, -0.2) is 9.67 Å². The van der Waals surface area contributed by atoms with E-state index >= 15 is 0 Å². The quantitative estimate of drug-likeness (QED) is 0.375. The number of piperazine rings is 1. The van der Waals surface area contributed by atoms with Crippen molar-refractivity contribution in [3.63, 3.8) is 0 Å². The summed E-state index contributed by atoms with van der Waals surface area (Å²) in [5, 5.41) is 5.84. The van der Waals surface area contributed by atoms with E-state index < -0.39 is 0 Å². The molecule has 8 nitrogen and oxygen atoms in total. The zero-order valence-electron chi connectivity index (χ0n) is 22.1. The van der Waals surface area contributed by atoms with Crippen LogP contribution in [0.15, 0.2) is 48.7 Å². The lowest BCUT2D eigenvalue weighted by Gasteiger charge is -2.35. The third-order valence-electron chi connectivity index (χ3n) is 7.05. The minimum Gasteiger partial charge on any atom is -0.478 e. The van der Waals surface area contributed by atoms with E-state index in [4.69, 9.17) is 14.8 Å². The largest absolute Gasteiger partial charge is 0.478 e. The SMILES string of the molecule is CCOc1nc2c(c(C)nn2-c2cccc(C)c2)c(C)c1CCC(=O)N1CCN(c2ccccn2)CC1. The van der Waals surface area contributed by atoms with Crippen molar-refractivity contribution in [1.29, 1.82) is 0 Å². The van der Waals surface area contributed by atoms with Crippen LogP contribution in [-0.2, 0) is 11.2 Å². The molecule has 3 aromatic heterocycles. The number of ether oxygens (including phenoxy) is 1. The molecule has 0 spiro atoms. The summed E-state index contributed by atoms with van der Waals surface area (Å²) in [6.07, 6.45) is 2.81. The molecule has 1 aromatic carbocycles. The number of amides is 1. The van der Waals surface area contributed by atoms with Gasteiger partial charge in [0.25, 0.3) is 0 Å². The van der Waals surface area contributed by atoms with Crippen molar-refractivity contribution in [3.05, 3.63) is 71.0 Å². The Bertz CT molecular complexity index is 1410. The van der Waals surface area contributed by atoms with Crippen LogP contribution in [0.5, 0.6) is 5.88 Å². The van der Waals surface area contributed by atoms with Gasteiger partial charge in [0.15, 0.2) is 5.65 Å². The maximum absolute atomic E-state index is 13.2. The first-order valence-corrected chi connectivity index (χ1v) is 13.0. The van der Waals surface area contributed by atoms with Gasteiger partial charge in [-0.3, -0.25) is 4.79 Å². The Morgan fingerprint density at radius 1 is 1.03 bits per heavy atom. The number of pyridine rings is 2. The van der Waals surface area contributed by atoms with Crippen LogP contribution in [0.3, 0.4) is 0 Å². The average Bonchev–Trinajstić information content (AvgIpc) is 3.25. The highest BCUT2D eigenvalue weighted by Gasteiger charge is 2.24. The van der Waals surface area contributed by atoms with Crippen molar-refractivity contribution in [3.8, 4) is 11.6 Å². The zero-order valence-corrected chi connectivity index (χ0v) is 22.1. The highest BCUT2D eigenvalue weighted by molar-refractivity contribution is 5.86. The molecule has 1 saturated heterocycles. The van der Waals surface area contributed by atoms with E-state index in [1.807, 2.05) is 60.0 Å². The number of benzene rings is 1. The predicted octanol–water partition coefficient (Wildman–Crippen LogP) is 4.42. The van der Waals surface area contributed by atoms with E-state index in [1.54, 1.807) is 0 Å². The molecule has 0 aliphatic carbocycles. The molecule has 192 valence electrons. The first-order valence-electron chi connectivity index (χ1n) is 13.0. The Kier molecular flexibility index (Phi) is 7.08. The van der Waals surface area contributed by atoms with Gasteiger partial charge < -0.3 is 14.5 Å². The van der Waals surface area contributed by atoms with Gasteiger partial charge in [0.2, 0.25) is 11.8 Å². The second-order valence-corrected chi connectivity index (χ2v) is 9.54. The number of carbonyl (C=O) groups excluding carboxylic acids is 1. The Hall–Kier alpha value is -3.94. The molecule has 4 aromatic rings. The number of aryl methyl sites for hydroxylation is 3. The van der Waals surface area contributed by atoms with E-state index in [9.17, 15) is 4.79 Å². The number of hydrogen-bond acceptors (Lipinski definition) is 6. The van der Waals surface area contributed by atoms with Gasteiger partial charge in [0, 0.05) is 49.7 Å². The van der Waals surface area contributed by atoms with E-state index in [1.165, 1.54) is 0 Å². The maximum atomic E-state index is 13.2. The Balaban J connectivity index is 1.36. The molecule has 0 bridgehead atoms. The Morgan fingerprint density at radius 3 is 2.54 bits per heavy atom. The third kappa shape index (κ3) is 5.01. The highest BCUT2D eigenvalue weighted by atomic mass is 16.5. The van der Waals surface area contributed by atoms with Crippen molar-refractivity contribution in [2.45, 2.75) is 40.5 Å². The normalized spacial score (nSPS) is 13.8. The molecule has 0 N–H and O–H groups in total. The molecule has 0 atom stereocenters. The second kappa shape index (κ2) is 10.6. The van der Waals surface area contributed by atoms with Gasteiger partial charge >= 0.3 is 0 Å². The number of rotatable bonds is 7. The smallest absolute Gasteiger partial charge is 0.223 e. The molecule has 1 fully saturated rings. The average molecular weight is 499 g/mol. The number of fused-ring (bicyclic) bond motifs is 1. The predicted molar refractivity (Wildman–Crippen MR) is 146 cm³/mol. The fourth-order valence-corrected chi connectivity index (χ4v) is 5.14. The molecule has 5 rings (SSSR count). The van der Waals surface area contributed by atoms with Crippen LogP contribution in [0.2, 0.25) is 0 Å². The van der Waals surface area contributed by atoms with Gasteiger partial charge in [-0.15, -0.1) is 0 Å². The van der Waals surface area contributed by atoms with Crippen LogP contribution in [0.25, 0.3) is 16.7 Å². The minimum atomic E-state index is 0.162. The lowest BCUT2D eigenvalue weighted by atomic mass is 10.0. The molecule has 0 radical (unpaired) electrons. The van der Waals surface area contributed by atoms with E-state index in [0.717, 1.165) is 58.0 Å². The van der Waals surface area contributed by atoms with Gasteiger partial charge in [0.05, 0.1) is 18.0 Å². The molecule has 1 aliphatic rings. The van der Waals surface area contributed by atoms with E-state index in [-0.39, 0.29) is 5.91 Å². The number of aromatic nitrogens is 4. The van der Waals surface area contributed by atoms with Crippen molar-refractivity contribution < 1.29 is 9.53 Å². The highest BCUT2D eigenvalue weighted by Crippen LogP contribution is 2.32. The Morgan fingerprint density at radius 2 is 1.84 bits per heavy atom. The fraction of sp³-hybridized carbons (Fsp3) is 0.379. The lowest BCUT2D eigenvalue weighted by molar-refractivity contribution is -0.131. The molecule has 37 heavy (non-hydrogen) atoms. The molecular formula is C29H34N6O2. The number of nitrogens with zero attached hydrogens (tertiary/aromatic N) is 6. The molecule has 0 saturated carbocycles. The van der Waals surface area contributed by atoms with Crippen molar-refractivity contribution >= 4 is 22.8 Å². The topological polar surface area (TPSA) is 76.4 Å². The summed E-state index contributed by atoms with van der Waals surface area (Å²) in [7, 11) is 0. The summed E-state index contributed by atoms with van der Waals surface area (Å²) < 4.78 is 7.89. The van der Waals surface area contributed by atoms with Gasteiger partial charge in [-0.1, -0.05) is 18.2 Å². The van der Waals surface area contributed by atoms with Crippen molar-refractivity contribution in [2.75, 3.05) is 37.7 Å². The van der Waals surface area contributed by atoms with Crippen molar-refractivity contribution in [1.82, 2.24) is 24.6 Å². The van der Waals surface area contributed by atoms with Crippen LogP contribution < -0.4 is 9.64 Å². The first kappa shape index (κ1) is 24.7. The monoisotopic (exact) mass is 498 g/mol. The summed E-state index contributed by atoms with van der Waals surface area (Å²) in [6, 6.07) is 14.2. The van der Waals surface area contributed by atoms with E-state index in [0.29, 0.717) is 38.4 Å². The number of carbonyl (C=O) groups is 1. The standard InChI is InChI=1S/C29H34N6O2/c1-5-37-29-24(12-13-26(36)34-17-15-33(16-18-34)25-11-6-7-14-30-25)21(3)27-22(4)32-35(28(27)31-29)23-10-8-9-20(2)19-23/h6-11,14,19H,5,12-13,15-18H2,1-4H3. The third-order valence-corrected chi connectivity index (χ3v) is 7.05. The fourth-order valence-electron chi connectivity index (χ4n) is 5.14. The summed E-state index contributed by atoms with van der Waals surface area (Å²) in [6.45, 7) is 11.6. The molecule has 1 amide bonds. The number of hydrogen-bond donors (Lipinski definition) is 0. The van der Waals surface area contributed by atoms with Crippen LogP contribution >= 0.6 is 0 Å². The van der Waals surface area contributed by atoms with E-state index in [2.05, 4.69) is 35.9 Å².